The molecule has 35 heavy (non-hydrogen) atoms. The molecule has 0 saturated carbocycles. The first-order valence-corrected chi connectivity index (χ1v) is 11.9. The number of Topliss-reactive ketones (excluding diaryl/α,β-unsaturated/α-hetero) is 1. The number of hydrogen-bond acceptors (Lipinski definition) is 6. The third kappa shape index (κ3) is 4.08. The van der Waals surface area contributed by atoms with Crippen molar-refractivity contribution in [2.75, 3.05) is 32.0 Å². The average Bonchev–Trinajstić information content (AvgIpc) is 3.04. The molecule has 1 aliphatic heterocycles. The third-order valence-corrected chi connectivity index (χ3v) is 7.04. The Kier molecular flexibility index (Phi) is 6.31. The zero-order chi connectivity index (χ0) is 24.5. The summed E-state index contributed by atoms with van der Waals surface area (Å²) in [5, 5.41) is 7.83. The van der Waals surface area contributed by atoms with E-state index in [1.54, 1.807) is 21.3 Å². The van der Waals surface area contributed by atoms with E-state index >= 15 is 0 Å². The number of benzene rings is 3. The Morgan fingerprint density at radius 3 is 2.23 bits per heavy atom. The van der Waals surface area contributed by atoms with Gasteiger partial charge in [0.1, 0.15) is 0 Å². The van der Waals surface area contributed by atoms with E-state index in [1.807, 2.05) is 60.7 Å². The van der Waals surface area contributed by atoms with Crippen molar-refractivity contribution in [3.8, 4) is 17.2 Å². The Morgan fingerprint density at radius 1 is 0.800 bits per heavy atom. The highest BCUT2D eigenvalue weighted by atomic mass is 35.5. The highest BCUT2D eigenvalue weighted by molar-refractivity contribution is 6.31. The first-order valence-electron chi connectivity index (χ1n) is 11.5. The van der Waals surface area contributed by atoms with Gasteiger partial charge in [0, 0.05) is 28.3 Å². The molecule has 0 bridgehead atoms. The SMILES string of the molecule is COc1ccc(C2Nc3ccccc3NC3=C2C(=O)CC(c2ccccc2Cl)C3)c(OC)c1OC. The van der Waals surface area contributed by atoms with E-state index in [-0.39, 0.29) is 11.7 Å². The Bertz CT molecular complexity index is 1320. The standard InChI is InChI=1S/C28H27ClN2O4/c1-33-24-13-12-18(27(34-2)28(24)35-3)26-25-22(30-20-10-6-7-11-21(20)31-26)14-16(15-23(25)32)17-8-4-5-9-19(17)29/h4-13,16,26,30-31H,14-15H2,1-3H3. The Balaban J connectivity index is 1.68. The molecule has 7 heteroatoms. The van der Waals surface area contributed by atoms with Gasteiger partial charge in [-0.05, 0) is 48.2 Å². The molecule has 0 aromatic heterocycles. The van der Waals surface area contributed by atoms with Gasteiger partial charge in [0.15, 0.2) is 17.3 Å². The number of fused-ring (bicyclic) bond motifs is 1. The maximum absolute atomic E-state index is 13.8. The topological polar surface area (TPSA) is 68.8 Å². The highest BCUT2D eigenvalue weighted by Gasteiger charge is 2.38. The molecule has 5 rings (SSSR count). The average molecular weight is 491 g/mol. The van der Waals surface area contributed by atoms with Gasteiger partial charge in [-0.1, -0.05) is 41.9 Å². The fraction of sp³-hybridized carbons (Fsp3) is 0.250. The van der Waals surface area contributed by atoms with E-state index in [9.17, 15) is 4.79 Å². The van der Waals surface area contributed by atoms with Gasteiger partial charge in [-0.25, -0.2) is 0 Å². The second-order valence-corrected chi connectivity index (χ2v) is 9.02. The molecule has 1 aliphatic carbocycles. The smallest absolute Gasteiger partial charge is 0.203 e. The second kappa shape index (κ2) is 9.55. The van der Waals surface area contributed by atoms with Gasteiger partial charge in [-0.2, -0.15) is 0 Å². The largest absolute Gasteiger partial charge is 0.493 e. The zero-order valence-corrected chi connectivity index (χ0v) is 20.6. The highest BCUT2D eigenvalue weighted by Crippen LogP contribution is 2.49. The number of nitrogens with one attached hydrogen (secondary N) is 2. The molecule has 0 radical (unpaired) electrons. The third-order valence-electron chi connectivity index (χ3n) is 6.70. The number of ketones is 1. The molecule has 3 aromatic rings. The summed E-state index contributed by atoms with van der Waals surface area (Å²) in [6.45, 7) is 0. The predicted octanol–water partition coefficient (Wildman–Crippen LogP) is 6.35. The lowest BCUT2D eigenvalue weighted by Gasteiger charge is -2.31. The van der Waals surface area contributed by atoms with Crippen LogP contribution in [-0.2, 0) is 4.79 Å². The zero-order valence-electron chi connectivity index (χ0n) is 19.9. The van der Waals surface area contributed by atoms with Crippen molar-refractivity contribution in [2.45, 2.75) is 24.8 Å². The van der Waals surface area contributed by atoms with Gasteiger partial charge in [0.25, 0.3) is 0 Å². The number of carbonyl (C=O) groups is 1. The molecule has 180 valence electrons. The van der Waals surface area contributed by atoms with E-state index in [1.165, 1.54) is 0 Å². The second-order valence-electron chi connectivity index (χ2n) is 8.61. The molecule has 2 atom stereocenters. The van der Waals surface area contributed by atoms with Crippen LogP contribution < -0.4 is 24.8 Å². The number of methoxy groups -OCH3 is 3. The van der Waals surface area contributed by atoms with Gasteiger partial charge in [0.05, 0.1) is 38.7 Å². The summed E-state index contributed by atoms with van der Waals surface area (Å²) in [6.07, 6.45) is 1.03. The summed E-state index contributed by atoms with van der Waals surface area (Å²) >= 11 is 6.52. The molecule has 0 saturated heterocycles. The molecule has 2 N–H and O–H groups in total. The van der Waals surface area contributed by atoms with Crippen LogP contribution >= 0.6 is 11.6 Å². The number of allylic oxidation sites excluding steroid dienone is 1. The molecule has 2 aliphatic rings. The quantitative estimate of drug-likeness (QED) is 0.434. The van der Waals surface area contributed by atoms with Crippen molar-refractivity contribution >= 4 is 28.8 Å². The molecule has 1 heterocycles. The lowest BCUT2D eigenvalue weighted by molar-refractivity contribution is -0.116. The molecule has 3 aromatic carbocycles. The summed E-state index contributed by atoms with van der Waals surface area (Å²) < 4.78 is 16.9. The Labute approximate surface area is 209 Å². The van der Waals surface area contributed by atoms with Crippen LogP contribution in [0, 0.1) is 0 Å². The van der Waals surface area contributed by atoms with Gasteiger partial charge in [-0.15, -0.1) is 0 Å². The molecule has 2 unspecified atom stereocenters. The summed E-state index contributed by atoms with van der Waals surface area (Å²) in [5.41, 5.74) is 5.16. The number of rotatable bonds is 5. The van der Waals surface area contributed by atoms with Crippen LogP contribution in [0.1, 0.15) is 35.9 Å². The van der Waals surface area contributed by atoms with Crippen LogP contribution in [0.3, 0.4) is 0 Å². The van der Waals surface area contributed by atoms with Crippen LogP contribution in [0.2, 0.25) is 5.02 Å². The molecular formula is C28H27ClN2O4. The van der Waals surface area contributed by atoms with Crippen LogP contribution in [-0.4, -0.2) is 27.1 Å². The van der Waals surface area contributed by atoms with E-state index in [2.05, 4.69) is 10.6 Å². The number of carbonyl (C=O) groups excluding carboxylic acids is 1. The van der Waals surface area contributed by atoms with Crippen molar-refractivity contribution in [2.24, 2.45) is 0 Å². The predicted molar refractivity (Wildman–Crippen MR) is 138 cm³/mol. The number of halogens is 1. The first-order chi connectivity index (χ1) is 17.0. The molecular weight excluding hydrogens is 464 g/mol. The van der Waals surface area contributed by atoms with Crippen molar-refractivity contribution < 1.29 is 19.0 Å². The Hall–Kier alpha value is -3.64. The van der Waals surface area contributed by atoms with Crippen LogP contribution in [0.15, 0.2) is 71.9 Å². The van der Waals surface area contributed by atoms with Gasteiger partial charge in [0.2, 0.25) is 5.75 Å². The minimum absolute atomic E-state index is 0.0133. The fourth-order valence-corrected chi connectivity index (χ4v) is 5.39. The minimum atomic E-state index is -0.449. The lowest BCUT2D eigenvalue weighted by atomic mass is 9.78. The lowest BCUT2D eigenvalue weighted by Crippen LogP contribution is -2.27. The summed E-state index contributed by atoms with van der Waals surface area (Å²) in [6, 6.07) is 19.0. The molecule has 6 nitrogen and oxygen atoms in total. The van der Waals surface area contributed by atoms with E-state index in [4.69, 9.17) is 25.8 Å². The molecule has 0 amide bonds. The van der Waals surface area contributed by atoms with Crippen molar-refractivity contribution in [1.29, 1.82) is 0 Å². The Morgan fingerprint density at radius 2 is 1.51 bits per heavy atom. The van der Waals surface area contributed by atoms with Gasteiger partial charge < -0.3 is 24.8 Å². The van der Waals surface area contributed by atoms with Crippen LogP contribution in [0.4, 0.5) is 11.4 Å². The monoisotopic (exact) mass is 490 g/mol. The van der Waals surface area contributed by atoms with Crippen molar-refractivity contribution in [3.05, 3.63) is 88.1 Å². The number of para-hydroxylation sites is 2. The summed E-state index contributed by atoms with van der Waals surface area (Å²) in [4.78, 5) is 13.8. The van der Waals surface area contributed by atoms with E-state index < -0.39 is 6.04 Å². The number of anilines is 2. The van der Waals surface area contributed by atoms with Crippen LogP contribution in [0.25, 0.3) is 0 Å². The maximum Gasteiger partial charge on any atom is 0.203 e. The first kappa shape index (κ1) is 23.1. The minimum Gasteiger partial charge on any atom is -0.493 e. The fourth-order valence-electron chi connectivity index (χ4n) is 5.10. The van der Waals surface area contributed by atoms with Crippen molar-refractivity contribution in [3.63, 3.8) is 0 Å². The number of ether oxygens (including phenoxy) is 3. The summed E-state index contributed by atoms with van der Waals surface area (Å²) in [7, 11) is 4.75. The van der Waals surface area contributed by atoms with Crippen molar-refractivity contribution in [1.82, 2.24) is 0 Å². The van der Waals surface area contributed by atoms with E-state index in [0.717, 1.165) is 28.2 Å². The normalized spacial score (nSPS) is 19.0. The van der Waals surface area contributed by atoms with Gasteiger partial charge >= 0.3 is 0 Å². The maximum atomic E-state index is 13.8. The van der Waals surface area contributed by atoms with E-state index in [0.29, 0.717) is 40.7 Å². The van der Waals surface area contributed by atoms with Gasteiger partial charge in [-0.3, -0.25) is 4.79 Å². The summed E-state index contributed by atoms with van der Waals surface area (Å²) in [5.74, 6) is 1.62. The number of hydrogen-bond donors (Lipinski definition) is 2. The molecule has 0 fully saturated rings. The van der Waals surface area contributed by atoms with Crippen LogP contribution in [0.5, 0.6) is 17.2 Å². The molecule has 0 spiro atoms.